The van der Waals surface area contributed by atoms with E-state index < -0.39 is 11.6 Å². The van der Waals surface area contributed by atoms with E-state index in [0.717, 1.165) is 37.8 Å². The summed E-state index contributed by atoms with van der Waals surface area (Å²) in [4.78, 5) is 26.3. The van der Waals surface area contributed by atoms with Gasteiger partial charge in [0.25, 0.3) is 11.8 Å². The lowest BCUT2D eigenvalue weighted by Gasteiger charge is -2.32. The van der Waals surface area contributed by atoms with Crippen molar-refractivity contribution in [2.24, 2.45) is 5.92 Å². The summed E-state index contributed by atoms with van der Waals surface area (Å²) in [6, 6.07) is 10.6. The Balaban J connectivity index is 1.30. The van der Waals surface area contributed by atoms with Gasteiger partial charge < -0.3 is 15.0 Å². The van der Waals surface area contributed by atoms with Crippen molar-refractivity contribution >= 4 is 11.8 Å². The molecule has 1 atom stereocenters. The zero-order chi connectivity index (χ0) is 21.1. The number of halogens is 2. The van der Waals surface area contributed by atoms with Crippen LogP contribution in [0.2, 0.25) is 0 Å². The zero-order valence-electron chi connectivity index (χ0n) is 16.6. The van der Waals surface area contributed by atoms with E-state index in [1.54, 1.807) is 29.2 Å². The third-order valence-electron chi connectivity index (χ3n) is 5.49. The molecule has 7 heteroatoms. The second-order valence-corrected chi connectivity index (χ2v) is 7.97. The SMILES string of the molecule is O=C(NC1CC1)c1ccc(OC[C@H]2CCCN(C(=O)c3ccc(F)c(F)c3)C2)cc1. The molecular weight excluding hydrogens is 390 g/mol. The summed E-state index contributed by atoms with van der Waals surface area (Å²) in [6.07, 6.45) is 3.83. The van der Waals surface area contributed by atoms with Crippen LogP contribution in [0.3, 0.4) is 0 Å². The van der Waals surface area contributed by atoms with Crippen molar-refractivity contribution in [2.75, 3.05) is 19.7 Å². The molecule has 4 rings (SSSR count). The van der Waals surface area contributed by atoms with E-state index in [4.69, 9.17) is 4.74 Å². The molecule has 1 saturated heterocycles. The summed E-state index contributed by atoms with van der Waals surface area (Å²) in [7, 11) is 0. The van der Waals surface area contributed by atoms with Crippen molar-refractivity contribution in [3.63, 3.8) is 0 Å². The molecule has 2 amide bonds. The lowest BCUT2D eigenvalue weighted by Crippen LogP contribution is -2.41. The lowest BCUT2D eigenvalue weighted by atomic mass is 9.98. The molecule has 0 unspecified atom stereocenters. The van der Waals surface area contributed by atoms with Gasteiger partial charge in [0.15, 0.2) is 11.6 Å². The van der Waals surface area contributed by atoms with Crippen LogP contribution in [0.5, 0.6) is 5.75 Å². The van der Waals surface area contributed by atoms with Gasteiger partial charge in [-0.15, -0.1) is 0 Å². The highest BCUT2D eigenvalue weighted by atomic mass is 19.2. The Bertz CT molecular complexity index is 929. The van der Waals surface area contributed by atoms with Gasteiger partial charge >= 0.3 is 0 Å². The number of hydrogen-bond donors (Lipinski definition) is 1. The minimum Gasteiger partial charge on any atom is -0.493 e. The summed E-state index contributed by atoms with van der Waals surface area (Å²) < 4.78 is 32.4. The second kappa shape index (κ2) is 8.81. The molecule has 30 heavy (non-hydrogen) atoms. The van der Waals surface area contributed by atoms with Gasteiger partial charge in [0.1, 0.15) is 5.75 Å². The fraction of sp³-hybridized carbons (Fsp3) is 0.391. The van der Waals surface area contributed by atoms with Crippen molar-refractivity contribution in [2.45, 2.75) is 31.7 Å². The zero-order valence-corrected chi connectivity index (χ0v) is 16.6. The van der Waals surface area contributed by atoms with E-state index in [9.17, 15) is 18.4 Å². The van der Waals surface area contributed by atoms with Gasteiger partial charge in [-0.25, -0.2) is 8.78 Å². The molecule has 1 saturated carbocycles. The highest BCUT2D eigenvalue weighted by Gasteiger charge is 2.26. The molecule has 1 heterocycles. The number of amides is 2. The van der Waals surface area contributed by atoms with E-state index in [-0.39, 0.29) is 23.3 Å². The van der Waals surface area contributed by atoms with Crippen LogP contribution in [0, 0.1) is 17.6 Å². The van der Waals surface area contributed by atoms with Gasteiger partial charge in [-0.2, -0.15) is 0 Å². The Morgan fingerprint density at radius 2 is 1.73 bits per heavy atom. The monoisotopic (exact) mass is 414 g/mol. The molecule has 158 valence electrons. The molecule has 2 aromatic carbocycles. The minimum atomic E-state index is -1.02. The fourth-order valence-electron chi connectivity index (χ4n) is 3.61. The van der Waals surface area contributed by atoms with Gasteiger partial charge in [-0.1, -0.05) is 0 Å². The highest BCUT2D eigenvalue weighted by molar-refractivity contribution is 5.95. The number of nitrogens with one attached hydrogen (secondary N) is 1. The van der Waals surface area contributed by atoms with Crippen molar-refractivity contribution in [3.8, 4) is 5.75 Å². The standard InChI is InChI=1S/C23H24F2N2O3/c24-20-10-5-17(12-21(20)25)23(29)27-11-1-2-15(13-27)14-30-19-8-3-16(4-9-19)22(28)26-18-6-7-18/h3-5,8-10,12,15,18H,1-2,6-7,11,13-14H2,(H,26,28)/t15-/m0/s1. The van der Waals surface area contributed by atoms with E-state index >= 15 is 0 Å². The van der Waals surface area contributed by atoms with Crippen LogP contribution in [0.25, 0.3) is 0 Å². The quantitative estimate of drug-likeness (QED) is 0.783. The van der Waals surface area contributed by atoms with E-state index in [1.165, 1.54) is 6.07 Å². The first kappa shape index (κ1) is 20.3. The average Bonchev–Trinajstić information content (AvgIpc) is 3.58. The van der Waals surface area contributed by atoms with Crippen LogP contribution < -0.4 is 10.1 Å². The first-order valence-corrected chi connectivity index (χ1v) is 10.3. The normalized spacial score (nSPS) is 18.7. The molecule has 1 aliphatic heterocycles. The lowest BCUT2D eigenvalue weighted by molar-refractivity contribution is 0.0632. The Labute approximate surface area is 174 Å². The first-order valence-electron chi connectivity index (χ1n) is 10.3. The fourth-order valence-corrected chi connectivity index (χ4v) is 3.61. The maximum atomic E-state index is 13.4. The van der Waals surface area contributed by atoms with E-state index in [2.05, 4.69) is 5.32 Å². The van der Waals surface area contributed by atoms with E-state index in [0.29, 0.717) is 37.1 Å². The molecule has 1 N–H and O–H groups in total. The Hall–Kier alpha value is -2.96. The summed E-state index contributed by atoms with van der Waals surface area (Å²) in [5, 5.41) is 2.95. The second-order valence-electron chi connectivity index (χ2n) is 7.97. The number of ether oxygens (including phenoxy) is 1. The van der Waals surface area contributed by atoms with Crippen LogP contribution in [-0.4, -0.2) is 42.5 Å². The van der Waals surface area contributed by atoms with E-state index in [1.807, 2.05) is 0 Å². The van der Waals surface area contributed by atoms with Gasteiger partial charge in [0, 0.05) is 36.2 Å². The molecule has 2 aliphatic rings. The molecule has 5 nitrogen and oxygen atoms in total. The molecule has 1 aliphatic carbocycles. The summed E-state index contributed by atoms with van der Waals surface area (Å²) in [5.41, 5.74) is 0.755. The third-order valence-corrected chi connectivity index (χ3v) is 5.49. The number of benzene rings is 2. The summed E-state index contributed by atoms with van der Waals surface area (Å²) in [5.74, 6) is -1.54. The van der Waals surface area contributed by atoms with Crippen LogP contribution in [0.4, 0.5) is 8.78 Å². The third kappa shape index (κ3) is 4.96. The number of carbonyl (C=O) groups excluding carboxylic acids is 2. The molecular formula is C23H24F2N2O3. The number of hydrogen-bond acceptors (Lipinski definition) is 3. The number of nitrogens with zero attached hydrogens (tertiary/aromatic N) is 1. The number of piperidine rings is 1. The first-order chi connectivity index (χ1) is 14.5. The molecule has 2 aromatic rings. The predicted molar refractivity (Wildman–Crippen MR) is 107 cm³/mol. The Morgan fingerprint density at radius 3 is 2.43 bits per heavy atom. The molecule has 0 aromatic heterocycles. The van der Waals surface area contributed by atoms with Gasteiger partial charge in [-0.05, 0) is 68.1 Å². The Morgan fingerprint density at radius 1 is 1.00 bits per heavy atom. The van der Waals surface area contributed by atoms with Crippen LogP contribution in [0.15, 0.2) is 42.5 Å². The smallest absolute Gasteiger partial charge is 0.253 e. The van der Waals surface area contributed by atoms with Crippen LogP contribution in [0.1, 0.15) is 46.4 Å². The summed E-state index contributed by atoms with van der Waals surface area (Å²) in [6.45, 7) is 1.52. The largest absolute Gasteiger partial charge is 0.493 e. The van der Waals surface area contributed by atoms with Crippen LogP contribution >= 0.6 is 0 Å². The maximum absolute atomic E-state index is 13.4. The molecule has 0 spiro atoms. The van der Waals surface area contributed by atoms with Crippen molar-refractivity contribution in [1.82, 2.24) is 10.2 Å². The maximum Gasteiger partial charge on any atom is 0.253 e. The molecule has 0 bridgehead atoms. The topological polar surface area (TPSA) is 58.6 Å². The van der Waals surface area contributed by atoms with Crippen molar-refractivity contribution in [3.05, 3.63) is 65.2 Å². The average molecular weight is 414 g/mol. The van der Waals surface area contributed by atoms with Gasteiger partial charge in [0.2, 0.25) is 0 Å². The predicted octanol–water partition coefficient (Wildman–Crippen LogP) is 3.79. The van der Waals surface area contributed by atoms with Gasteiger partial charge in [-0.3, -0.25) is 9.59 Å². The van der Waals surface area contributed by atoms with Gasteiger partial charge in [0.05, 0.1) is 6.61 Å². The minimum absolute atomic E-state index is 0.0669. The number of likely N-dealkylation sites (tertiary alicyclic amines) is 1. The Kier molecular flexibility index (Phi) is 5.97. The number of rotatable bonds is 6. The van der Waals surface area contributed by atoms with Crippen LogP contribution in [-0.2, 0) is 0 Å². The van der Waals surface area contributed by atoms with Crippen molar-refractivity contribution in [1.29, 1.82) is 0 Å². The highest BCUT2D eigenvalue weighted by Crippen LogP contribution is 2.22. The molecule has 0 radical (unpaired) electrons. The molecule has 2 fully saturated rings. The van der Waals surface area contributed by atoms with Crippen molar-refractivity contribution < 1.29 is 23.1 Å². The number of carbonyl (C=O) groups is 2. The summed E-state index contributed by atoms with van der Waals surface area (Å²) >= 11 is 0.